The molecule has 5 heteroatoms. The van der Waals surface area contributed by atoms with Crippen LogP contribution in [0, 0.1) is 12.8 Å². The number of aryl methyl sites for hydroxylation is 1. The third-order valence-corrected chi connectivity index (χ3v) is 4.60. The van der Waals surface area contributed by atoms with Crippen LogP contribution < -0.4 is 5.43 Å². The molecule has 2 aromatic rings. The molecular weight excluding hydrogens is 306 g/mol. The summed E-state index contributed by atoms with van der Waals surface area (Å²) in [5.74, 6) is -0.116. The van der Waals surface area contributed by atoms with Crippen molar-refractivity contribution in [3.8, 4) is 0 Å². The molecule has 0 radical (unpaired) electrons. The van der Waals surface area contributed by atoms with E-state index in [-0.39, 0.29) is 17.3 Å². The van der Waals surface area contributed by atoms with E-state index < -0.39 is 0 Å². The number of carbonyl (C=O) groups is 1. The molecular formula is C19H23NO4. The summed E-state index contributed by atoms with van der Waals surface area (Å²) < 4.78 is 10.7. The predicted octanol–water partition coefficient (Wildman–Crippen LogP) is 2.88. The highest BCUT2D eigenvalue weighted by atomic mass is 16.5. The summed E-state index contributed by atoms with van der Waals surface area (Å²) in [6.45, 7) is 6.35. The Balaban J connectivity index is 1.69. The van der Waals surface area contributed by atoms with Crippen molar-refractivity contribution in [2.75, 3.05) is 19.7 Å². The van der Waals surface area contributed by atoms with E-state index in [1.165, 1.54) is 0 Å². The number of nitrogens with zero attached hydrogens (tertiary/aromatic N) is 1. The summed E-state index contributed by atoms with van der Waals surface area (Å²) in [7, 11) is 0. The van der Waals surface area contributed by atoms with Crippen LogP contribution in [-0.4, -0.2) is 30.6 Å². The van der Waals surface area contributed by atoms with Crippen molar-refractivity contribution in [1.82, 2.24) is 4.90 Å². The molecule has 0 bridgehead atoms. The van der Waals surface area contributed by atoms with Crippen LogP contribution in [0.25, 0.3) is 11.0 Å². The average Bonchev–Trinajstić information content (AvgIpc) is 2.59. The predicted molar refractivity (Wildman–Crippen MR) is 91.9 cm³/mol. The second kappa shape index (κ2) is 7.18. The van der Waals surface area contributed by atoms with Crippen molar-refractivity contribution in [2.45, 2.75) is 33.2 Å². The minimum Gasteiger partial charge on any atom is -0.466 e. The molecule has 0 atom stereocenters. The number of esters is 1. The number of rotatable bonds is 4. The van der Waals surface area contributed by atoms with Crippen molar-refractivity contribution < 1.29 is 13.9 Å². The number of carbonyl (C=O) groups excluding carboxylic acids is 1. The molecule has 0 spiro atoms. The van der Waals surface area contributed by atoms with Gasteiger partial charge in [-0.25, -0.2) is 0 Å². The van der Waals surface area contributed by atoms with Crippen LogP contribution in [0.2, 0.25) is 0 Å². The monoisotopic (exact) mass is 329 g/mol. The van der Waals surface area contributed by atoms with Crippen LogP contribution in [0.5, 0.6) is 0 Å². The molecule has 1 aromatic carbocycles. The maximum absolute atomic E-state index is 12.7. The largest absolute Gasteiger partial charge is 0.466 e. The fourth-order valence-corrected chi connectivity index (χ4v) is 3.22. The zero-order valence-corrected chi connectivity index (χ0v) is 14.2. The van der Waals surface area contributed by atoms with Crippen LogP contribution in [-0.2, 0) is 16.1 Å². The molecule has 1 aromatic heterocycles. The Morgan fingerprint density at radius 1 is 1.33 bits per heavy atom. The van der Waals surface area contributed by atoms with E-state index in [0.717, 1.165) is 31.5 Å². The molecule has 0 amide bonds. The van der Waals surface area contributed by atoms with Gasteiger partial charge in [-0.3, -0.25) is 14.5 Å². The zero-order chi connectivity index (χ0) is 17.1. The van der Waals surface area contributed by atoms with Crippen molar-refractivity contribution in [3.05, 3.63) is 45.8 Å². The van der Waals surface area contributed by atoms with Gasteiger partial charge >= 0.3 is 5.97 Å². The standard InChI is InChI=1S/C19H23NO4/c1-3-23-19(22)14-6-8-20(9-7-14)11-15-12-24-17-5-4-13(2)10-16(17)18(15)21/h4-5,10,12,14H,3,6-9,11H2,1-2H3. The fraction of sp³-hybridized carbons (Fsp3) is 0.474. The van der Waals surface area contributed by atoms with E-state index in [9.17, 15) is 9.59 Å². The quantitative estimate of drug-likeness (QED) is 0.807. The van der Waals surface area contributed by atoms with Gasteiger partial charge in [0.15, 0.2) is 5.43 Å². The molecule has 5 nitrogen and oxygen atoms in total. The van der Waals surface area contributed by atoms with Crippen LogP contribution in [0.3, 0.4) is 0 Å². The zero-order valence-electron chi connectivity index (χ0n) is 14.2. The molecule has 0 unspecified atom stereocenters. The SMILES string of the molecule is CCOC(=O)C1CCN(Cc2coc3ccc(C)cc3c2=O)CC1. The normalized spacial score (nSPS) is 16.4. The van der Waals surface area contributed by atoms with Crippen molar-refractivity contribution in [2.24, 2.45) is 5.92 Å². The van der Waals surface area contributed by atoms with Gasteiger partial charge in [-0.2, -0.15) is 0 Å². The Labute approximate surface area is 141 Å². The lowest BCUT2D eigenvalue weighted by molar-refractivity contribution is -0.149. The lowest BCUT2D eigenvalue weighted by atomic mass is 9.96. The molecule has 2 heterocycles. The smallest absolute Gasteiger partial charge is 0.309 e. The van der Waals surface area contributed by atoms with Gasteiger partial charge in [-0.05, 0) is 51.9 Å². The lowest BCUT2D eigenvalue weighted by Crippen LogP contribution is -2.37. The molecule has 24 heavy (non-hydrogen) atoms. The highest BCUT2D eigenvalue weighted by Crippen LogP contribution is 2.20. The maximum Gasteiger partial charge on any atom is 0.309 e. The van der Waals surface area contributed by atoms with Crippen LogP contribution in [0.1, 0.15) is 30.9 Å². The molecule has 128 valence electrons. The van der Waals surface area contributed by atoms with Gasteiger partial charge in [-0.15, -0.1) is 0 Å². The second-order valence-corrected chi connectivity index (χ2v) is 6.39. The Kier molecular flexibility index (Phi) is 5.00. The molecule has 1 aliphatic rings. The number of piperidine rings is 1. The second-order valence-electron chi connectivity index (χ2n) is 6.39. The molecule has 0 N–H and O–H groups in total. The van der Waals surface area contributed by atoms with Gasteiger partial charge in [0, 0.05) is 12.1 Å². The number of hydrogen-bond donors (Lipinski definition) is 0. The summed E-state index contributed by atoms with van der Waals surface area (Å²) in [4.78, 5) is 26.6. The van der Waals surface area contributed by atoms with Gasteiger partial charge in [-0.1, -0.05) is 11.6 Å². The number of fused-ring (bicyclic) bond motifs is 1. The first-order valence-electron chi connectivity index (χ1n) is 8.48. The molecule has 0 saturated carbocycles. The fourth-order valence-electron chi connectivity index (χ4n) is 3.22. The number of ether oxygens (including phenoxy) is 1. The van der Waals surface area contributed by atoms with Crippen LogP contribution in [0.4, 0.5) is 0 Å². The van der Waals surface area contributed by atoms with Gasteiger partial charge < -0.3 is 9.15 Å². The number of benzene rings is 1. The number of likely N-dealkylation sites (tertiary alicyclic amines) is 1. The molecule has 1 aliphatic heterocycles. The first-order chi connectivity index (χ1) is 11.6. The van der Waals surface area contributed by atoms with Crippen LogP contribution in [0.15, 0.2) is 33.7 Å². The molecule has 1 fully saturated rings. The average molecular weight is 329 g/mol. The maximum atomic E-state index is 12.7. The van der Waals surface area contributed by atoms with E-state index >= 15 is 0 Å². The van der Waals surface area contributed by atoms with Crippen LogP contribution >= 0.6 is 0 Å². The van der Waals surface area contributed by atoms with E-state index in [0.29, 0.717) is 29.7 Å². The topological polar surface area (TPSA) is 59.8 Å². The summed E-state index contributed by atoms with van der Waals surface area (Å²) in [6, 6.07) is 5.64. The summed E-state index contributed by atoms with van der Waals surface area (Å²) in [6.07, 6.45) is 3.12. The third-order valence-electron chi connectivity index (χ3n) is 4.60. The van der Waals surface area contributed by atoms with E-state index in [1.807, 2.05) is 32.0 Å². The van der Waals surface area contributed by atoms with E-state index in [1.54, 1.807) is 6.26 Å². The summed E-state index contributed by atoms with van der Waals surface area (Å²) >= 11 is 0. The van der Waals surface area contributed by atoms with Crippen molar-refractivity contribution >= 4 is 16.9 Å². The van der Waals surface area contributed by atoms with E-state index in [4.69, 9.17) is 9.15 Å². The summed E-state index contributed by atoms with van der Waals surface area (Å²) in [5.41, 5.74) is 2.37. The first kappa shape index (κ1) is 16.7. The summed E-state index contributed by atoms with van der Waals surface area (Å²) in [5, 5.41) is 0.633. The molecule has 1 saturated heterocycles. The third kappa shape index (κ3) is 3.51. The lowest BCUT2D eigenvalue weighted by Gasteiger charge is -2.30. The van der Waals surface area contributed by atoms with Gasteiger partial charge in [0.1, 0.15) is 5.58 Å². The Morgan fingerprint density at radius 2 is 2.08 bits per heavy atom. The highest BCUT2D eigenvalue weighted by Gasteiger charge is 2.26. The van der Waals surface area contributed by atoms with Gasteiger partial charge in [0.25, 0.3) is 0 Å². The first-order valence-corrected chi connectivity index (χ1v) is 8.48. The molecule has 3 rings (SSSR count). The molecule has 0 aliphatic carbocycles. The Bertz CT molecular complexity index is 788. The van der Waals surface area contributed by atoms with Crippen molar-refractivity contribution in [3.63, 3.8) is 0 Å². The van der Waals surface area contributed by atoms with Crippen molar-refractivity contribution in [1.29, 1.82) is 0 Å². The van der Waals surface area contributed by atoms with Gasteiger partial charge in [0.2, 0.25) is 0 Å². The highest BCUT2D eigenvalue weighted by molar-refractivity contribution is 5.77. The van der Waals surface area contributed by atoms with E-state index in [2.05, 4.69) is 4.90 Å². The minimum absolute atomic E-state index is 0.0168. The Morgan fingerprint density at radius 3 is 2.79 bits per heavy atom. The van der Waals surface area contributed by atoms with Gasteiger partial charge in [0.05, 0.1) is 24.2 Å². The number of hydrogen-bond acceptors (Lipinski definition) is 5. The minimum atomic E-state index is -0.0992. The Hall–Kier alpha value is -2.14.